The summed E-state index contributed by atoms with van der Waals surface area (Å²) in [5.41, 5.74) is 1.10. The molecule has 19 heavy (non-hydrogen) atoms. The van der Waals surface area contributed by atoms with Gasteiger partial charge in [0.25, 0.3) is 0 Å². The first-order valence-electron chi connectivity index (χ1n) is 6.31. The molecule has 0 fully saturated rings. The highest BCUT2D eigenvalue weighted by Crippen LogP contribution is 2.28. The number of halogens is 1. The molecule has 0 aliphatic carbocycles. The largest absolute Gasteiger partial charge is 0.469 e. The average molecular weight is 302 g/mol. The van der Waals surface area contributed by atoms with Gasteiger partial charge in [0.1, 0.15) is 0 Å². The second kappa shape index (κ2) is 8.46. The zero-order valence-electron chi connectivity index (χ0n) is 11.5. The molecule has 1 rings (SSSR count). The number of esters is 1. The first-order chi connectivity index (χ1) is 9.08. The maximum atomic E-state index is 11.0. The van der Waals surface area contributed by atoms with E-state index < -0.39 is 0 Å². The fourth-order valence-electron chi connectivity index (χ4n) is 1.72. The van der Waals surface area contributed by atoms with Crippen molar-refractivity contribution >= 4 is 29.3 Å². The molecule has 0 amide bonds. The lowest BCUT2D eigenvalue weighted by molar-refractivity contribution is -0.140. The number of hydrogen-bond acceptors (Lipinski definition) is 4. The number of carbonyl (C=O) groups excluding carboxylic acids is 1. The Bertz CT molecular complexity index is 426. The molecule has 0 aliphatic rings. The summed E-state index contributed by atoms with van der Waals surface area (Å²) in [7, 11) is 1.40. The van der Waals surface area contributed by atoms with Crippen molar-refractivity contribution in [2.45, 2.75) is 31.2 Å². The zero-order chi connectivity index (χ0) is 14.3. The SMILES string of the molecule is CCNC(C)c1ccc(SCCC(=O)OC)cc1Cl. The monoisotopic (exact) mass is 301 g/mol. The molecule has 0 bridgehead atoms. The second-order valence-electron chi connectivity index (χ2n) is 4.14. The number of thioether (sulfide) groups is 1. The molecule has 0 heterocycles. The van der Waals surface area contributed by atoms with Crippen LogP contribution in [0.1, 0.15) is 31.9 Å². The summed E-state index contributed by atoms with van der Waals surface area (Å²) in [5, 5.41) is 4.10. The smallest absolute Gasteiger partial charge is 0.306 e. The van der Waals surface area contributed by atoms with Gasteiger partial charge in [-0.1, -0.05) is 24.6 Å². The van der Waals surface area contributed by atoms with Crippen LogP contribution in [-0.2, 0) is 9.53 Å². The van der Waals surface area contributed by atoms with Crippen molar-refractivity contribution in [2.24, 2.45) is 0 Å². The van der Waals surface area contributed by atoms with E-state index in [0.717, 1.165) is 22.0 Å². The maximum absolute atomic E-state index is 11.0. The summed E-state index contributed by atoms with van der Waals surface area (Å²) in [6.07, 6.45) is 0.411. The van der Waals surface area contributed by atoms with Crippen LogP contribution in [-0.4, -0.2) is 25.4 Å². The second-order valence-corrected chi connectivity index (χ2v) is 5.71. The molecule has 106 valence electrons. The van der Waals surface area contributed by atoms with Crippen LogP contribution in [0.3, 0.4) is 0 Å². The normalized spacial score (nSPS) is 12.2. The van der Waals surface area contributed by atoms with Crippen molar-refractivity contribution in [3.05, 3.63) is 28.8 Å². The van der Waals surface area contributed by atoms with Gasteiger partial charge in [-0.05, 0) is 31.2 Å². The van der Waals surface area contributed by atoms with Crippen LogP contribution in [0, 0.1) is 0 Å². The number of nitrogens with one attached hydrogen (secondary N) is 1. The first-order valence-corrected chi connectivity index (χ1v) is 7.67. The van der Waals surface area contributed by atoms with E-state index >= 15 is 0 Å². The van der Waals surface area contributed by atoms with Crippen LogP contribution in [0.25, 0.3) is 0 Å². The van der Waals surface area contributed by atoms with Crippen molar-refractivity contribution in [2.75, 3.05) is 19.4 Å². The fourth-order valence-corrected chi connectivity index (χ4v) is 3.00. The minimum Gasteiger partial charge on any atom is -0.469 e. The number of ether oxygens (including phenoxy) is 1. The Labute approximate surface area is 124 Å². The van der Waals surface area contributed by atoms with Crippen molar-refractivity contribution in [1.82, 2.24) is 5.32 Å². The van der Waals surface area contributed by atoms with Gasteiger partial charge in [0.2, 0.25) is 0 Å². The number of methoxy groups -OCH3 is 1. The van der Waals surface area contributed by atoms with E-state index in [0.29, 0.717) is 12.2 Å². The van der Waals surface area contributed by atoms with Crippen molar-refractivity contribution in [3.8, 4) is 0 Å². The fraction of sp³-hybridized carbons (Fsp3) is 0.500. The molecule has 1 aromatic rings. The Morgan fingerprint density at radius 1 is 1.53 bits per heavy atom. The van der Waals surface area contributed by atoms with Gasteiger partial charge in [-0.25, -0.2) is 0 Å². The third kappa shape index (κ3) is 5.43. The Morgan fingerprint density at radius 2 is 2.26 bits per heavy atom. The highest BCUT2D eigenvalue weighted by molar-refractivity contribution is 7.99. The standard InChI is InChI=1S/C14H20ClNO2S/c1-4-16-10(2)12-6-5-11(9-13(12)15)19-8-7-14(17)18-3/h5-6,9-10,16H,4,7-8H2,1-3H3. The molecule has 0 spiro atoms. The van der Waals surface area contributed by atoms with E-state index in [9.17, 15) is 4.79 Å². The molecule has 1 atom stereocenters. The number of hydrogen-bond donors (Lipinski definition) is 1. The predicted octanol–water partition coefficient (Wildman–Crippen LogP) is 3.67. The van der Waals surface area contributed by atoms with E-state index in [-0.39, 0.29) is 12.0 Å². The molecule has 3 nitrogen and oxygen atoms in total. The van der Waals surface area contributed by atoms with Gasteiger partial charge in [-0.3, -0.25) is 4.79 Å². The lowest BCUT2D eigenvalue weighted by Crippen LogP contribution is -2.17. The van der Waals surface area contributed by atoms with Crippen molar-refractivity contribution < 1.29 is 9.53 Å². The van der Waals surface area contributed by atoms with Crippen molar-refractivity contribution in [3.63, 3.8) is 0 Å². The van der Waals surface area contributed by atoms with Crippen LogP contribution in [0.2, 0.25) is 5.02 Å². The Morgan fingerprint density at radius 3 is 2.84 bits per heavy atom. The molecule has 0 aliphatic heterocycles. The van der Waals surface area contributed by atoms with Gasteiger partial charge in [0.15, 0.2) is 0 Å². The van der Waals surface area contributed by atoms with E-state index in [2.05, 4.69) is 23.9 Å². The zero-order valence-corrected chi connectivity index (χ0v) is 13.1. The molecule has 1 N–H and O–H groups in total. The Hall–Kier alpha value is -0.710. The maximum Gasteiger partial charge on any atom is 0.306 e. The molecular weight excluding hydrogens is 282 g/mol. The summed E-state index contributed by atoms with van der Waals surface area (Å²) >= 11 is 7.89. The lowest BCUT2D eigenvalue weighted by Gasteiger charge is -2.15. The van der Waals surface area contributed by atoms with Crippen molar-refractivity contribution in [1.29, 1.82) is 0 Å². The summed E-state index contributed by atoms with van der Waals surface area (Å²) in [6.45, 7) is 5.07. The van der Waals surface area contributed by atoms with Gasteiger partial charge in [-0.2, -0.15) is 0 Å². The number of rotatable bonds is 7. The van der Waals surface area contributed by atoms with Gasteiger partial charge in [-0.15, -0.1) is 11.8 Å². The van der Waals surface area contributed by atoms with Crippen LogP contribution >= 0.6 is 23.4 Å². The Balaban J connectivity index is 2.59. The van der Waals surface area contributed by atoms with Crippen LogP contribution in [0.4, 0.5) is 0 Å². The topological polar surface area (TPSA) is 38.3 Å². The first kappa shape index (κ1) is 16.3. The quantitative estimate of drug-likeness (QED) is 0.616. The summed E-state index contributed by atoms with van der Waals surface area (Å²) in [6, 6.07) is 6.27. The average Bonchev–Trinajstić information content (AvgIpc) is 2.38. The van der Waals surface area contributed by atoms with Gasteiger partial charge in [0.05, 0.1) is 13.5 Å². The summed E-state index contributed by atoms with van der Waals surface area (Å²) < 4.78 is 4.60. The molecule has 1 unspecified atom stereocenters. The summed E-state index contributed by atoms with van der Waals surface area (Å²) in [5.74, 6) is 0.515. The van der Waals surface area contributed by atoms with Crippen LogP contribution < -0.4 is 5.32 Å². The molecule has 0 saturated carbocycles. The predicted molar refractivity (Wildman–Crippen MR) is 80.9 cm³/mol. The molecular formula is C14H20ClNO2S. The van der Waals surface area contributed by atoms with Gasteiger partial charge >= 0.3 is 5.97 Å². The Kier molecular flexibility index (Phi) is 7.28. The third-order valence-electron chi connectivity index (χ3n) is 2.75. The molecule has 0 aromatic heterocycles. The number of carbonyl (C=O) groups is 1. The minimum absolute atomic E-state index is 0.184. The van der Waals surface area contributed by atoms with E-state index in [1.54, 1.807) is 11.8 Å². The molecule has 5 heteroatoms. The molecule has 0 radical (unpaired) electrons. The number of benzene rings is 1. The highest BCUT2D eigenvalue weighted by Gasteiger charge is 2.09. The summed E-state index contributed by atoms with van der Waals surface area (Å²) in [4.78, 5) is 12.1. The van der Waals surface area contributed by atoms with Crippen LogP contribution in [0.5, 0.6) is 0 Å². The van der Waals surface area contributed by atoms with E-state index in [1.807, 2.05) is 18.2 Å². The third-order valence-corrected chi connectivity index (χ3v) is 4.07. The van der Waals surface area contributed by atoms with E-state index in [1.165, 1.54) is 7.11 Å². The minimum atomic E-state index is -0.184. The van der Waals surface area contributed by atoms with E-state index in [4.69, 9.17) is 11.6 Å². The molecule has 1 aromatic carbocycles. The van der Waals surface area contributed by atoms with Gasteiger partial charge in [0, 0.05) is 21.7 Å². The lowest BCUT2D eigenvalue weighted by atomic mass is 10.1. The molecule has 0 saturated heterocycles. The highest BCUT2D eigenvalue weighted by atomic mass is 35.5. The van der Waals surface area contributed by atoms with Crippen LogP contribution in [0.15, 0.2) is 23.1 Å². The van der Waals surface area contributed by atoms with Gasteiger partial charge < -0.3 is 10.1 Å².